The molecule has 1 fully saturated rings. The summed E-state index contributed by atoms with van der Waals surface area (Å²) < 4.78 is 35.0. The Hall–Kier alpha value is -0.940. The second kappa shape index (κ2) is 3.43. The molecule has 0 aliphatic carbocycles. The quantitative estimate of drug-likeness (QED) is 0.674. The highest BCUT2D eigenvalue weighted by atomic mass is 19.4. The molecule has 76 valence electrons. The van der Waals surface area contributed by atoms with Gasteiger partial charge in [-0.05, 0) is 13.3 Å². The number of hydrogen-bond acceptors (Lipinski definition) is 1. The summed E-state index contributed by atoms with van der Waals surface area (Å²) in [5.74, 6) is 0. The summed E-state index contributed by atoms with van der Waals surface area (Å²) in [6.45, 7) is 1.09. The highest BCUT2D eigenvalue weighted by molar-refractivity contribution is 5.75. The van der Waals surface area contributed by atoms with E-state index in [1.807, 2.05) is 5.32 Å². The summed E-state index contributed by atoms with van der Waals surface area (Å²) in [5, 5.41) is 1.82. The van der Waals surface area contributed by atoms with E-state index in [4.69, 9.17) is 0 Å². The number of amides is 2. The number of likely N-dealkylation sites (tertiary alicyclic amines) is 1. The SMILES string of the molecule is CC1CCN1C(=O)NCC(F)(F)F. The van der Waals surface area contributed by atoms with Gasteiger partial charge in [0.2, 0.25) is 0 Å². The van der Waals surface area contributed by atoms with Crippen molar-refractivity contribution < 1.29 is 18.0 Å². The van der Waals surface area contributed by atoms with E-state index in [1.165, 1.54) is 4.90 Å². The molecule has 0 spiro atoms. The average molecular weight is 196 g/mol. The van der Waals surface area contributed by atoms with Gasteiger partial charge in [0, 0.05) is 12.6 Å². The van der Waals surface area contributed by atoms with Gasteiger partial charge in [-0.2, -0.15) is 13.2 Å². The predicted molar refractivity (Wildman–Crippen MR) is 40.2 cm³/mol. The average Bonchev–Trinajstić information content (AvgIpc) is 1.97. The molecule has 1 unspecified atom stereocenters. The molecule has 6 heteroatoms. The third-order valence-electron chi connectivity index (χ3n) is 2.02. The van der Waals surface area contributed by atoms with Crippen LogP contribution in [0.1, 0.15) is 13.3 Å². The van der Waals surface area contributed by atoms with Crippen LogP contribution in [-0.2, 0) is 0 Å². The van der Waals surface area contributed by atoms with Crippen LogP contribution in [0, 0.1) is 0 Å². The summed E-state index contributed by atoms with van der Waals surface area (Å²) in [4.78, 5) is 12.4. The van der Waals surface area contributed by atoms with Crippen molar-refractivity contribution in [3.8, 4) is 0 Å². The number of halogens is 3. The minimum atomic E-state index is -4.33. The highest BCUT2D eigenvalue weighted by Gasteiger charge is 2.32. The Kier molecular flexibility index (Phi) is 2.68. The van der Waals surface area contributed by atoms with Gasteiger partial charge in [0.1, 0.15) is 6.54 Å². The number of nitrogens with zero attached hydrogens (tertiary/aromatic N) is 1. The fourth-order valence-corrected chi connectivity index (χ4v) is 1.10. The fourth-order valence-electron chi connectivity index (χ4n) is 1.10. The summed E-state index contributed by atoms with van der Waals surface area (Å²) in [5.41, 5.74) is 0. The lowest BCUT2D eigenvalue weighted by Crippen LogP contribution is -2.54. The maximum absolute atomic E-state index is 11.7. The van der Waals surface area contributed by atoms with Gasteiger partial charge in [-0.1, -0.05) is 0 Å². The van der Waals surface area contributed by atoms with E-state index in [-0.39, 0.29) is 6.04 Å². The zero-order chi connectivity index (χ0) is 10.1. The van der Waals surface area contributed by atoms with E-state index >= 15 is 0 Å². The van der Waals surface area contributed by atoms with Gasteiger partial charge < -0.3 is 10.2 Å². The molecule has 3 nitrogen and oxygen atoms in total. The van der Waals surface area contributed by atoms with Gasteiger partial charge in [-0.3, -0.25) is 0 Å². The number of nitrogens with one attached hydrogen (secondary N) is 1. The number of alkyl halides is 3. The minimum Gasteiger partial charge on any atom is -0.329 e. The molecular formula is C7H11F3N2O. The number of carbonyl (C=O) groups excluding carboxylic acids is 1. The standard InChI is InChI=1S/C7H11F3N2O/c1-5-2-3-12(5)6(13)11-4-7(8,9)10/h5H,2-4H2,1H3,(H,11,13). The maximum Gasteiger partial charge on any atom is 0.405 e. The van der Waals surface area contributed by atoms with Crippen LogP contribution in [0.4, 0.5) is 18.0 Å². The van der Waals surface area contributed by atoms with Crippen molar-refractivity contribution in [3.63, 3.8) is 0 Å². The van der Waals surface area contributed by atoms with E-state index < -0.39 is 18.8 Å². The Labute approximate surface area is 73.9 Å². The second-order valence-corrected chi connectivity index (χ2v) is 3.10. The largest absolute Gasteiger partial charge is 0.405 e. The van der Waals surface area contributed by atoms with Crippen LogP contribution in [0.25, 0.3) is 0 Å². The van der Waals surface area contributed by atoms with E-state index in [0.29, 0.717) is 6.54 Å². The first kappa shape index (κ1) is 10.1. The van der Waals surface area contributed by atoms with Gasteiger partial charge in [-0.15, -0.1) is 0 Å². The molecule has 1 aliphatic rings. The lowest BCUT2D eigenvalue weighted by atomic mass is 10.1. The molecule has 0 radical (unpaired) electrons. The van der Waals surface area contributed by atoms with Crippen molar-refractivity contribution >= 4 is 6.03 Å². The molecular weight excluding hydrogens is 185 g/mol. The predicted octanol–water partition coefficient (Wildman–Crippen LogP) is 1.35. The molecule has 0 aromatic heterocycles. The van der Waals surface area contributed by atoms with Crippen molar-refractivity contribution in [1.29, 1.82) is 0 Å². The summed E-state index contributed by atoms with van der Waals surface area (Å²) in [6, 6.07) is -0.565. The van der Waals surface area contributed by atoms with Crippen molar-refractivity contribution in [2.75, 3.05) is 13.1 Å². The minimum absolute atomic E-state index is 0.0632. The van der Waals surface area contributed by atoms with Gasteiger partial charge in [0.05, 0.1) is 0 Å². The maximum atomic E-state index is 11.7. The van der Waals surface area contributed by atoms with Crippen molar-refractivity contribution in [3.05, 3.63) is 0 Å². The third-order valence-corrected chi connectivity index (χ3v) is 2.02. The van der Waals surface area contributed by atoms with Crippen LogP contribution in [0.2, 0.25) is 0 Å². The molecule has 1 N–H and O–H groups in total. The lowest BCUT2D eigenvalue weighted by Gasteiger charge is -2.38. The topological polar surface area (TPSA) is 32.3 Å². The van der Waals surface area contributed by atoms with E-state index in [9.17, 15) is 18.0 Å². The Morgan fingerprint density at radius 2 is 2.23 bits per heavy atom. The van der Waals surface area contributed by atoms with E-state index in [2.05, 4.69) is 0 Å². The van der Waals surface area contributed by atoms with Gasteiger partial charge >= 0.3 is 12.2 Å². The van der Waals surface area contributed by atoms with Crippen LogP contribution in [0.15, 0.2) is 0 Å². The van der Waals surface area contributed by atoms with Gasteiger partial charge in [0.25, 0.3) is 0 Å². The Morgan fingerprint density at radius 1 is 1.62 bits per heavy atom. The van der Waals surface area contributed by atoms with Crippen molar-refractivity contribution in [1.82, 2.24) is 10.2 Å². The zero-order valence-electron chi connectivity index (χ0n) is 7.19. The fraction of sp³-hybridized carbons (Fsp3) is 0.857. The molecule has 1 saturated heterocycles. The number of carbonyl (C=O) groups is 1. The van der Waals surface area contributed by atoms with Gasteiger partial charge in [-0.25, -0.2) is 4.79 Å². The van der Waals surface area contributed by atoms with E-state index in [0.717, 1.165) is 6.42 Å². The molecule has 1 heterocycles. The molecule has 1 aliphatic heterocycles. The van der Waals surface area contributed by atoms with Crippen molar-refractivity contribution in [2.24, 2.45) is 0 Å². The van der Waals surface area contributed by atoms with Crippen LogP contribution in [-0.4, -0.2) is 36.2 Å². The number of urea groups is 1. The van der Waals surface area contributed by atoms with Crippen LogP contribution < -0.4 is 5.32 Å². The number of rotatable bonds is 1. The van der Waals surface area contributed by atoms with Crippen LogP contribution >= 0.6 is 0 Å². The Balaban J connectivity index is 2.26. The van der Waals surface area contributed by atoms with Gasteiger partial charge in [0.15, 0.2) is 0 Å². The lowest BCUT2D eigenvalue weighted by molar-refractivity contribution is -0.123. The van der Waals surface area contributed by atoms with Crippen molar-refractivity contribution in [2.45, 2.75) is 25.6 Å². The first-order valence-electron chi connectivity index (χ1n) is 4.01. The molecule has 1 atom stereocenters. The smallest absolute Gasteiger partial charge is 0.329 e. The molecule has 0 saturated carbocycles. The third kappa shape index (κ3) is 2.78. The Bertz CT molecular complexity index is 204. The van der Waals surface area contributed by atoms with E-state index in [1.54, 1.807) is 6.92 Å². The first-order valence-corrected chi connectivity index (χ1v) is 4.01. The monoisotopic (exact) mass is 196 g/mol. The summed E-state index contributed by atoms with van der Waals surface area (Å²) in [7, 11) is 0. The molecule has 0 aromatic carbocycles. The van der Waals surface area contributed by atoms with Crippen LogP contribution in [0.5, 0.6) is 0 Å². The second-order valence-electron chi connectivity index (χ2n) is 3.10. The normalized spacial score (nSPS) is 22.5. The summed E-state index contributed by atoms with van der Waals surface area (Å²) in [6.07, 6.45) is -3.47. The zero-order valence-corrected chi connectivity index (χ0v) is 7.19. The molecule has 13 heavy (non-hydrogen) atoms. The highest BCUT2D eigenvalue weighted by Crippen LogP contribution is 2.17. The Morgan fingerprint density at radius 3 is 2.54 bits per heavy atom. The molecule has 2 amide bonds. The summed E-state index contributed by atoms with van der Waals surface area (Å²) >= 11 is 0. The molecule has 0 aromatic rings. The number of hydrogen-bond donors (Lipinski definition) is 1. The molecule has 0 bridgehead atoms. The first-order chi connectivity index (χ1) is 5.90. The molecule has 1 rings (SSSR count). The van der Waals surface area contributed by atoms with Crippen LogP contribution in [0.3, 0.4) is 0 Å².